The van der Waals surface area contributed by atoms with Crippen molar-refractivity contribution in [2.75, 3.05) is 14.2 Å². The zero-order chi connectivity index (χ0) is 13.0. The Labute approximate surface area is 108 Å². The van der Waals surface area contributed by atoms with Crippen LogP contribution in [-0.2, 0) is 14.2 Å². The van der Waals surface area contributed by atoms with Crippen LogP contribution in [0.1, 0.15) is 6.42 Å². The van der Waals surface area contributed by atoms with Crippen LogP contribution in [0.15, 0.2) is 42.4 Å². The first-order valence-electron chi connectivity index (χ1n) is 5.47. The summed E-state index contributed by atoms with van der Waals surface area (Å²) < 4.78 is 15.7. The van der Waals surface area contributed by atoms with Gasteiger partial charge >= 0.3 is 0 Å². The Morgan fingerprint density at radius 2 is 2.06 bits per heavy atom. The van der Waals surface area contributed by atoms with Crippen molar-refractivity contribution >= 4 is 19.0 Å². The summed E-state index contributed by atoms with van der Waals surface area (Å²) >= 11 is 0. The molecule has 1 aliphatic heterocycles. The molecule has 18 heavy (non-hydrogen) atoms. The summed E-state index contributed by atoms with van der Waals surface area (Å²) in [5.74, 6) is -0.642. The molecule has 96 valence electrons. The maximum atomic E-state index is 12.3. The van der Waals surface area contributed by atoms with E-state index in [1.165, 1.54) is 13.4 Å². The topological polar surface area (TPSA) is 50.8 Å². The molecule has 0 aliphatic carbocycles. The van der Waals surface area contributed by atoms with Gasteiger partial charge in [-0.15, -0.1) is 0 Å². The first kappa shape index (κ1) is 13.1. The van der Waals surface area contributed by atoms with Gasteiger partial charge in [-0.3, -0.25) is 0 Å². The Hall–Kier alpha value is -1.35. The number of hydrogen-bond donors (Lipinski definition) is 0. The molecule has 0 bridgehead atoms. The second-order valence-corrected chi connectivity index (χ2v) is 4.94. The molecule has 1 aromatic carbocycles. The SMILES string of the molecule is COC1=COC(OC)(C([O-])=Pc2ccccc2)C1. The largest absolute Gasteiger partial charge is 0.822 e. The third-order valence-corrected chi connectivity index (χ3v) is 3.79. The van der Waals surface area contributed by atoms with Crippen molar-refractivity contribution in [3.63, 3.8) is 0 Å². The lowest BCUT2D eigenvalue weighted by molar-refractivity contribution is -0.263. The number of rotatable bonds is 4. The van der Waals surface area contributed by atoms with E-state index in [2.05, 4.69) is 0 Å². The predicted molar refractivity (Wildman–Crippen MR) is 68.5 cm³/mol. The smallest absolute Gasteiger partial charge is 0.228 e. The van der Waals surface area contributed by atoms with Crippen LogP contribution in [0.4, 0.5) is 0 Å². The number of ether oxygens (including phenoxy) is 3. The minimum Gasteiger partial charge on any atom is -0.822 e. The molecule has 0 spiro atoms. The van der Waals surface area contributed by atoms with Crippen LogP contribution in [0.2, 0.25) is 0 Å². The Bertz CT molecular complexity index is 469. The van der Waals surface area contributed by atoms with Gasteiger partial charge in [0.2, 0.25) is 5.79 Å². The highest BCUT2D eigenvalue weighted by Gasteiger charge is 2.37. The Morgan fingerprint density at radius 1 is 1.33 bits per heavy atom. The average Bonchev–Trinajstić information content (AvgIpc) is 2.85. The predicted octanol–water partition coefficient (Wildman–Crippen LogP) is 0.999. The van der Waals surface area contributed by atoms with Gasteiger partial charge in [-0.2, -0.15) is 0 Å². The van der Waals surface area contributed by atoms with Crippen LogP contribution in [0.3, 0.4) is 0 Å². The average molecular weight is 265 g/mol. The lowest BCUT2D eigenvalue weighted by Gasteiger charge is -2.33. The summed E-state index contributed by atoms with van der Waals surface area (Å²) in [6.45, 7) is 0. The highest BCUT2D eigenvalue weighted by atomic mass is 31.1. The minimum atomic E-state index is -1.25. The molecule has 2 rings (SSSR count). The molecule has 1 aromatic rings. The molecule has 1 aliphatic rings. The van der Waals surface area contributed by atoms with Gasteiger partial charge in [0, 0.05) is 12.4 Å². The molecule has 0 fully saturated rings. The maximum absolute atomic E-state index is 12.3. The maximum Gasteiger partial charge on any atom is 0.228 e. The summed E-state index contributed by atoms with van der Waals surface area (Å²) in [7, 11) is 3.56. The summed E-state index contributed by atoms with van der Waals surface area (Å²) in [4.78, 5) is 0. The molecule has 1 unspecified atom stereocenters. The van der Waals surface area contributed by atoms with Crippen molar-refractivity contribution in [1.82, 2.24) is 0 Å². The van der Waals surface area contributed by atoms with Crippen molar-refractivity contribution in [3.8, 4) is 0 Å². The monoisotopic (exact) mass is 265 g/mol. The molecular weight excluding hydrogens is 251 g/mol. The second-order valence-electron chi connectivity index (χ2n) is 3.79. The minimum absolute atomic E-state index is 0.139. The zero-order valence-corrected chi connectivity index (χ0v) is 11.1. The van der Waals surface area contributed by atoms with Gasteiger partial charge in [0.25, 0.3) is 0 Å². The van der Waals surface area contributed by atoms with E-state index in [9.17, 15) is 5.11 Å². The molecule has 1 heterocycles. The van der Waals surface area contributed by atoms with E-state index in [1.54, 1.807) is 7.11 Å². The highest BCUT2D eigenvalue weighted by Crippen LogP contribution is 2.31. The molecule has 0 aromatic heterocycles. The van der Waals surface area contributed by atoms with Gasteiger partial charge in [-0.05, 0) is 0 Å². The quantitative estimate of drug-likeness (QED) is 0.762. The van der Waals surface area contributed by atoms with Gasteiger partial charge in [0.05, 0.1) is 13.5 Å². The Morgan fingerprint density at radius 3 is 2.61 bits per heavy atom. The molecule has 0 N–H and O–H groups in total. The van der Waals surface area contributed by atoms with Gasteiger partial charge < -0.3 is 19.3 Å². The van der Waals surface area contributed by atoms with E-state index in [4.69, 9.17) is 14.2 Å². The normalized spacial score (nSPS) is 23.5. The van der Waals surface area contributed by atoms with E-state index in [0.717, 1.165) is 5.30 Å². The first-order valence-corrected chi connectivity index (χ1v) is 6.37. The molecule has 1 atom stereocenters. The van der Waals surface area contributed by atoms with Crippen molar-refractivity contribution in [3.05, 3.63) is 42.4 Å². The molecule has 0 radical (unpaired) electrons. The van der Waals surface area contributed by atoms with Crippen molar-refractivity contribution in [1.29, 1.82) is 0 Å². The van der Waals surface area contributed by atoms with Gasteiger partial charge in [-0.25, -0.2) is 0 Å². The van der Waals surface area contributed by atoms with Crippen molar-refractivity contribution < 1.29 is 19.3 Å². The Balaban J connectivity index is 2.22. The fourth-order valence-electron chi connectivity index (χ4n) is 1.63. The van der Waals surface area contributed by atoms with E-state index < -0.39 is 5.79 Å². The van der Waals surface area contributed by atoms with Crippen molar-refractivity contribution in [2.24, 2.45) is 0 Å². The van der Waals surface area contributed by atoms with E-state index >= 15 is 0 Å². The van der Waals surface area contributed by atoms with Crippen LogP contribution in [0.5, 0.6) is 0 Å². The first-order chi connectivity index (χ1) is 8.70. The lowest BCUT2D eigenvalue weighted by Crippen LogP contribution is -2.46. The summed E-state index contributed by atoms with van der Waals surface area (Å²) in [6.07, 6.45) is 1.74. The van der Waals surface area contributed by atoms with Crippen LogP contribution in [-0.4, -0.2) is 25.5 Å². The molecule has 0 saturated carbocycles. The lowest BCUT2D eigenvalue weighted by atomic mass is 10.2. The molecule has 5 heteroatoms. The fourth-order valence-corrected chi connectivity index (χ4v) is 2.58. The van der Waals surface area contributed by atoms with Gasteiger partial charge in [0.15, 0.2) is 0 Å². The van der Waals surface area contributed by atoms with Crippen LogP contribution in [0, 0.1) is 0 Å². The highest BCUT2D eigenvalue weighted by molar-refractivity contribution is 7.48. The summed E-state index contributed by atoms with van der Waals surface area (Å²) in [6, 6.07) is 9.48. The molecule has 0 amide bonds. The fraction of sp³-hybridized carbons (Fsp3) is 0.308. The van der Waals surface area contributed by atoms with Crippen LogP contribution < -0.4 is 10.4 Å². The van der Waals surface area contributed by atoms with E-state index in [1.807, 2.05) is 30.3 Å². The second kappa shape index (κ2) is 5.53. The van der Waals surface area contributed by atoms with E-state index in [-0.39, 0.29) is 5.48 Å². The number of benzene rings is 1. The Kier molecular flexibility index (Phi) is 4.02. The van der Waals surface area contributed by atoms with Gasteiger partial charge in [0.1, 0.15) is 12.0 Å². The standard InChI is InChI=1S/C13H15O4P/c1-15-10-8-13(16-2,17-9-10)12(14)18-11-6-4-3-5-7-11/h3-7,9,14H,8H2,1-2H3/p-1. The third-order valence-electron chi connectivity index (χ3n) is 2.69. The van der Waals surface area contributed by atoms with Gasteiger partial charge in [-0.1, -0.05) is 44.0 Å². The molecule has 4 nitrogen and oxygen atoms in total. The van der Waals surface area contributed by atoms with Crippen LogP contribution >= 0.6 is 8.20 Å². The number of methoxy groups -OCH3 is 2. The van der Waals surface area contributed by atoms with Crippen LogP contribution in [0.25, 0.3) is 0 Å². The third kappa shape index (κ3) is 2.56. The summed E-state index contributed by atoms with van der Waals surface area (Å²) in [5.41, 5.74) is -0.139. The van der Waals surface area contributed by atoms with E-state index in [0.29, 0.717) is 20.4 Å². The molecule has 0 saturated heterocycles. The van der Waals surface area contributed by atoms with Crippen molar-refractivity contribution in [2.45, 2.75) is 12.2 Å². The number of hydrogen-bond acceptors (Lipinski definition) is 4. The summed E-state index contributed by atoms with van der Waals surface area (Å²) in [5, 5.41) is 13.2. The molecular formula is C13H14O4P-. The zero-order valence-electron chi connectivity index (χ0n) is 10.3.